The smallest absolute Gasteiger partial charge is 0.306 e. The Hall–Kier alpha value is -3.41. The van der Waals surface area contributed by atoms with Gasteiger partial charge in [0.2, 0.25) is 0 Å². The minimum absolute atomic E-state index is 0.0947. The molecule has 1 unspecified atom stereocenters. The Morgan fingerprint density at radius 1 is 0.328 bits per heavy atom. The molecular formula is C58H98O6. The highest BCUT2D eigenvalue weighted by atomic mass is 16.6. The third-order valence-corrected chi connectivity index (χ3v) is 11.1. The molecule has 0 heterocycles. The maximum Gasteiger partial charge on any atom is 0.306 e. The zero-order valence-electron chi connectivity index (χ0n) is 41.8. The Morgan fingerprint density at radius 3 is 0.984 bits per heavy atom. The topological polar surface area (TPSA) is 78.9 Å². The predicted octanol–water partition coefficient (Wildman–Crippen LogP) is 17.6. The molecule has 0 aliphatic rings. The van der Waals surface area contributed by atoms with Crippen molar-refractivity contribution in [1.82, 2.24) is 0 Å². The Balaban J connectivity index is 4.46. The van der Waals surface area contributed by atoms with Gasteiger partial charge in [0, 0.05) is 19.3 Å². The highest BCUT2D eigenvalue weighted by Gasteiger charge is 2.19. The fraction of sp³-hybridized carbons (Fsp3) is 0.707. The van der Waals surface area contributed by atoms with Crippen molar-refractivity contribution in [3.8, 4) is 0 Å². The lowest BCUT2D eigenvalue weighted by molar-refractivity contribution is -0.167. The zero-order valence-corrected chi connectivity index (χ0v) is 41.8. The fourth-order valence-corrected chi connectivity index (χ4v) is 7.17. The molecule has 6 heteroatoms. The molecule has 1 atom stereocenters. The van der Waals surface area contributed by atoms with E-state index in [0.717, 1.165) is 122 Å². The number of unbranched alkanes of at least 4 members (excludes halogenated alkanes) is 22. The van der Waals surface area contributed by atoms with E-state index in [0.29, 0.717) is 19.3 Å². The number of carbonyl (C=O) groups is 3. The maximum atomic E-state index is 12.8. The van der Waals surface area contributed by atoms with Gasteiger partial charge in [0.05, 0.1) is 0 Å². The van der Waals surface area contributed by atoms with E-state index in [9.17, 15) is 14.4 Å². The van der Waals surface area contributed by atoms with Crippen molar-refractivity contribution >= 4 is 17.9 Å². The standard InChI is InChI=1S/C58H98O6/c1-4-7-10-13-16-19-22-25-28-30-33-36-39-42-45-48-51-57(60)63-54-55(53-62-56(59)50-47-44-41-38-35-32-27-24-21-18-15-12-9-6-3)64-58(61)52-49-46-43-40-37-34-31-29-26-23-20-17-14-11-8-5-2/h7,9-10,12,16,18-19,21,25,28-29,31,33,36,55H,4-6,8,11,13-15,17,20,22-24,26-27,30,32,34-35,37-54H2,1-3H3/b10-7-,12-9-,19-16-,21-18-,28-25-,31-29-,36-33-. The quantitative estimate of drug-likeness (QED) is 0.0262. The van der Waals surface area contributed by atoms with E-state index >= 15 is 0 Å². The first-order chi connectivity index (χ1) is 31.5. The molecule has 0 aliphatic carbocycles. The van der Waals surface area contributed by atoms with Crippen LogP contribution in [0, 0.1) is 0 Å². The number of esters is 3. The van der Waals surface area contributed by atoms with E-state index in [1.54, 1.807) is 0 Å². The Bertz CT molecular complexity index is 1250. The van der Waals surface area contributed by atoms with Gasteiger partial charge in [-0.1, -0.05) is 202 Å². The van der Waals surface area contributed by atoms with Crippen molar-refractivity contribution in [2.45, 2.75) is 252 Å². The summed E-state index contributed by atoms with van der Waals surface area (Å²) in [5.41, 5.74) is 0. The molecule has 366 valence electrons. The SMILES string of the molecule is CC/C=C\C/C=C\C/C=C\C/C=C\CCCCCC(=O)OCC(COC(=O)CCCCCCCCC/C=C\C/C=C\CC)OC(=O)CCCCCCC/C=C\CCCCCCCCC. The molecule has 0 rings (SSSR count). The van der Waals surface area contributed by atoms with Gasteiger partial charge < -0.3 is 14.2 Å². The summed E-state index contributed by atoms with van der Waals surface area (Å²) in [4.78, 5) is 38.0. The summed E-state index contributed by atoms with van der Waals surface area (Å²) in [5.74, 6) is -0.942. The first-order valence-corrected chi connectivity index (χ1v) is 26.6. The van der Waals surface area contributed by atoms with Crippen molar-refractivity contribution < 1.29 is 28.6 Å². The fourth-order valence-electron chi connectivity index (χ4n) is 7.17. The van der Waals surface area contributed by atoms with E-state index in [-0.39, 0.29) is 31.1 Å². The molecule has 0 saturated heterocycles. The summed E-state index contributed by atoms with van der Waals surface area (Å²) in [5, 5.41) is 0. The normalized spacial score (nSPS) is 12.7. The van der Waals surface area contributed by atoms with Gasteiger partial charge in [0.15, 0.2) is 6.10 Å². The summed E-state index contributed by atoms with van der Waals surface area (Å²) in [6.07, 6.45) is 67.1. The van der Waals surface area contributed by atoms with E-state index in [4.69, 9.17) is 14.2 Å². The summed E-state index contributed by atoms with van der Waals surface area (Å²) in [6.45, 7) is 6.38. The van der Waals surface area contributed by atoms with Crippen molar-refractivity contribution in [2.75, 3.05) is 13.2 Å². The van der Waals surface area contributed by atoms with Crippen LogP contribution in [0.3, 0.4) is 0 Å². The van der Waals surface area contributed by atoms with E-state index in [2.05, 4.69) is 106 Å². The van der Waals surface area contributed by atoms with Crippen molar-refractivity contribution in [1.29, 1.82) is 0 Å². The summed E-state index contributed by atoms with van der Waals surface area (Å²) >= 11 is 0. The number of hydrogen-bond acceptors (Lipinski definition) is 6. The second-order valence-corrected chi connectivity index (χ2v) is 17.4. The molecule has 0 aromatic rings. The molecule has 0 radical (unpaired) electrons. The molecule has 0 aromatic carbocycles. The lowest BCUT2D eigenvalue weighted by Gasteiger charge is -2.18. The van der Waals surface area contributed by atoms with Crippen LogP contribution in [0.5, 0.6) is 0 Å². The van der Waals surface area contributed by atoms with Gasteiger partial charge in [-0.2, -0.15) is 0 Å². The first kappa shape index (κ1) is 60.6. The van der Waals surface area contributed by atoms with Gasteiger partial charge in [0.25, 0.3) is 0 Å². The lowest BCUT2D eigenvalue weighted by Crippen LogP contribution is -2.30. The molecule has 0 fully saturated rings. The van der Waals surface area contributed by atoms with Gasteiger partial charge in [-0.3, -0.25) is 14.4 Å². The highest BCUT2D eigenvalue weighted by Crippen LogP contribution is 2.14. The average molecular weight is 891 g/mol. The van der Waals surface area contributed by atoms with Crippen LogP contribution in [0.15, 0.2) is 85.1 Å². The van der Waals surface area contributed by atoms with Crippen molar-refractivity contribution in [2.24, 2.45) is 0 Å². The largest absolute Gasteiger partial charge is 0.462 e. The van der Waals surface area contributed by atoms with Crippen molar-refractivity contribution in [3.05, 3.63) is 85.1 Å². The van der Waals surface area contributed by atoms with Crippen LogP contribution in [0.4, 0.5) is 0 Å². The zero-order chi connectivity index (χ0) is 46.5. The number of carbonyl (C=O) groups excluding carboxylic acids is 3. The molecule has 0 aliphatic heterocycles. The number of rotatable bonds is 47. The number of ether oxygens (including phenoxy) is 3. The number of allylic oxidation sites excluding steroid dienone is 14. The third-order valence-electron chi connectivity index (χ3n) is 11.1. The van der Waals surface area contributed by atoms with Crippen LogP contribution in [-0.4, -0.2) is 37.2 Å². The Morgan fingerprint density at radius 2 is 0.609 bits per heavy atom. The van der Waals surface area contributed by atoms with E-state index < -0.39 is 6.10 Å². The van der Waals surface area contributed by atoms with Crippen LogP contribution in [0.1, 0.15) is 245 Å². The van der Waals surface area contributed by atoms with Gasteiger partial charge in [-0.05, 0) is 109 Å². The van der Waals surface area contributed by atoms with Gasteiger partial charge in [0.1, 0.15) is 13.2 Å². The van der Waals surface area contributed by atoms with Gasteiger partial charge >= 0.3 is 17.9 Å². The van der Waals surface area contributed by atoms with Gasteiger partial charge in [-0.25, -0.2) is 0 Å². The second-order valence-electron chi connectivity index (χ2n) is 17.4. The molecule has 64 heavy (non-hydrogen) atoms. The van der Waals surface area contributed by atoms with E-state index in [1.165, 1.54) is 83.5 Å². The minimum Gasteiger partial charge on any atom is -0.462 e. The Labute approximate surface area is 395 Å². The molecule has 0 aromatic heterocycles. The van der Waals surface area contributed by atoms with Crippen LogP contribution >= 0.6 is 0 Å². The molecule has 0 spiro atoms. The summed E-state index contributed by atoms with van der Waals surface area (Å²) in [6, 6.07) is 0. The van der Waals surface area contributed by atoms with Crippen LogP contribution in [0.2, 0.25) is 0 Å². The third kappa shape index (κ3) is 49.6. The summed E-state index contributed by atoms with van der Waals surface area (Å²) in [7, 11) is 0. The van der Waals surface area contributed by atoms with Crippen LogP contribution < -0.4 is 0 Å². The monoisotopic (exact) mass is 891 g/mol. The summed E-state index contributed by atoms with van der Waals surface area (Å²) < 4.78 is 16.8. The Kier molecular flexibility index (Phi) is 49.4. The molecule has 0 saturated carbocycles. The maximum absolute atomic E-state index is 12.8. The molecule has 0 amide bonds. The lowest BCUT2D eigenvalue weighted by atomic mass is 10.1. The molecule has 0 N–H and O–H groups in total. The second kappa shape index (κ2) is 52.2. The molecular weight excluding hydrogens is 793 g/mol. The predicted molar refractivity (Wildman–Crippen MR) is 274 cm³/mol. The number of hydrogen-bond donors (Lipinski definition) is 0. The highest BCUT2D eigenvalue weighted by molar-refractivity contribution is 5.71. The van der Waals surface area contributed by atoms with Crippen LogP contribution in [0.25, 0.3) is 0 Å². The molecule has 0 bridgehead atoms. The average Bonchev–Trinajstić information content (AvgIpc) is 3.29. The van der Waals surface area contributed by atoms with Crippen LogP contribution in [-0.2, 0) is 28.6 Å². The molecule has 6 nitrogen and oxygen atoms in total. The first-order valence-electron chi connectivity index (χ1n) is 26.6. The van der Waals surface area contributed by atoms with E-state index in [1.807, 2.05) is 0 Å². The minimum atomic E-state index is -0.797. The van der Waals surface area contributed by atoms with Crippen molar-refractivity contribution in [3.63, 3.8) is 0 Å². The van der Waals surface area contributed by atoms with Gasteiger partial charge in [-0.15, -0.1) is 0 Å².